The van der Waals surface area contributed by atoms with Crippen molar-refractivity contribution in [2.75, 3.05) is 31.1 Å². The number of carbonyl (C=O) groups excluding carboxylic acids is 1. The van der Waals surface area contributed by atoms with Gasteiger partial charge in [-0.3, -0.25) is 9.78 Å². The van der Waals surface area contributed by atoms with Crippen LogP contribution in [0.2, 0.25) is 0 Å². The van der Waals surface area contributed by atoms with E-state index in [4.69, 9.17) is 0 Å². The molecule has 1 saturated heterocycles. The van der Waals surface area contributed by atoms with Gasteiger partial charge in [0, 0.05) is 37.6 Å². The first-order valence-electron chi connectivity index (χ1n) is 7.97. The Morgan fingerprint density at radius 1 is 1.52 bits per heavy atom. The zero-order chi connectivity index (χ0) is 15.1. The van der Waals surface area contributed by atoms with Crippen molar-refractivity contribution in [3.05, 3.63) is 24.0 Å². The van der Waals surface area contributed by atoms with Gasteiger partial charge < -0.3 is 15.5 Å². The third-order valence-corrected chi connectivity index (χ3v) is 3.78. The molecule has 1 aromatic rings. The van der Waals surface area contributed by atoms with Gasteiger partial charge in [0.25, 0.3) is 5.91 Å². The number of hydrogen-bond acceptors (Lipinski definition) is 4. The van der Waals surface area contributed by atoms with Crippen molar-refractivity contribution in [3.8, 4) is 0 Å². The molecule has 0 radical (unpaired) electrons. The summed E-state index contributed by atoms with van der Waals surface area (Å²) in [7, 11) is 0. The molecule has 1 fully saturated rings. The van der Waals surface area contributed by atoms with E-state index in [9.17, 15) is 4.79 Å². The van der Waals surface area contributed by atoms with Crippen LogP contribution in [0.15, 0.2) is 18.3 Å². The van der Waals surface area contributed by atoms with Gasteiger partial charge in [-0.2, -0.15) is 0 Å². The minimum Gasteiger partial charge on any atom is -0.370 e. The Morgan fingerprint density at radius 2 is 2.38 bits per heavy atom. The lowest BCUT2D eigenvalue weighted by molar-refractivity contribution is 0.0951. The van der Waals surface area contributed by atoms with Crippen molar-refractivity contribution in [2.24, 2.45) is 0 Å². The number of nitrogens with one attached hydrogen (secondary N) is 2. The Balaban J connectivity index is 2.11. The first-order valence-corrected chi connectivity index (χ1v) is 7.97. The maximum Gasteiger partial charge on any atom is 0.269 e. The second-order valence-corrected chi connectivity index (χ2v) is 5.50. The summed E-state index contributed by atoms with van der Waals surface area (Å²) in [6.07, 6.45) is 5.30. The standard InChI is InChI=1S/C16H26N4O/c1-3-10-20(12-13-6-5-8-18-13)14-7-9-19-15(11-14)16(21)17-4-2/h7,9,11,13,18H,3-6,8,10,12H2,1-2H3,(H,17,21). The average Bonchev–Trinajstić information content (AvgIpc) is 3.00. The van der Waals surface area contributed by atoms with E-state index < -0.39 is 0 Å². The summed E-state index contributed by atoms with van der Waals surface area (Å²) >= 11 is 0. The van der Waals surface area contributed by atoms with Gasteiger partial charge in [-0.15, -0.1) is 0 Å². The highest BCUT2D eigenvalue weighted by Crippen LogP contribution is 2.18. The van der Waals surface area contributed by atoms with Gasteiger partial charge in [0.15, 0.2) is 0 Å². The highest BCUT2D eigenvalue weighted by Gasteiger charge is 2.18. The van der Waals surface area contributed by atoms with Crippen LogP contribution in [0.3, 0.4) is 0 Å². The molecule has 2 heterocycles. The molecule has 2 rings (SSSR count). The zero-order valence-corrected chi connectivity index (χ0v) is 13.1. The normalized spacial score (nSPS) is 17.7. The van der Waals surface area contributed by atoms with Crippen LogP contribution in [-0.4, -0.2) is 43.1 Å². The number of nitrogens with zero attached hydrogens (tertiary/aromatic N) is 2. The molecule has 1 unspecified atom stereocenters. The Bertz CT molecular complexity index is 457. The molecule has 0 bridgehead atoms. The topological polar surface area (TPSA) is 57.3 Å². The molecule has 0 aromatic carbocycles. The minimum atomic E-state index is -0.102. The van der Waals surface area contributed by atoms with Crippen LogP contribution < -0.4 is 15.5 Å². The van der Waals surface area contributed by atoms with Crippen LogP contribution in [0.5, 0.6) is 0 Å². The Morgan fingerprint density at radius 3 is 3.05 bits per heavy atom. The predicted molar refractivity (Wildman–Crippen MR) is 85.8 cm³/mol. The predicted octanol–water partition coefficient (Wildman–Crippen LogP) is 1.80. The van der Waals surface area contributed by atoms with E-state index in [2.05, 4.69) is 27.4 Å². The lowest BCUT2D eigenvalue weighted by Crippen LogP contribution is -2.38. The molecule has 1 amide bonds. The summed E-state index contributed by atoms with van der Waals surface area (Å²) in [6, 6.07) is 4.45. The molecule has 0 saturated carbocycles. The largest absolute Gasteiger partial charge is 0.370 e. The van der Waals surface area contributed by atoms with Crippen molar-refractivity contribution < 1.29 is 4.79 Å². The molecule has 1 aromatic heterocycles. The van der Waals surface area contributed by atoms with Gasteiger partial charge >= 0.3 is 0 Å². The molecule has 5 heteroatoms. The number of anilines is 1. The van der Waals surface area contributed by atoms with Crippen molar-refractivity contribution in [1.82, 2.24) is 15.6 Å². The molecule has 0 spiro atoms. The van der Waals surface area contributed by atoms with Gasteiger partial charge in [0.1, 0.15) is 5.69 Å². The summed E-state index contributed by atoms with van der Waals surface area (Å²) in [5.74, 6) is -0.102. The molecular formula is C16H26N4O. The highest BCUT2D eigenvalue weighted by atomic mass is 16.1. The fourth-order valence-electron chi connectivity index (χ4n) is 2.77. The van der Waals surface area contributed by atoms with Gasteiger partial charge in [-0.05, 0) is 44.9 Å². The number of carbonyl (C=O) groups is 1. The summed E-state index contributed by atoms with van der Waals surface area (Å²) in [5.41, 5.74) is 1.58. The Labute approximate surface area is 127 Å². The van der Waals surface area contributed by atoms with Gasteiger partial charge in [0.2, 0.25) is 0 Å². The molecule has 21 heavy (non-hydrogen) atoms. The summed E-state index contributed by atoms with van der Waals surface area (Å²) in [4.78, 5) is 18.4. The maximum atomic E-state index is 11.9. The van der Waals surface area contributed by atoms with E-state index in [1.54, 1.807) is 6.20 Å². The molecule has 0 aliphatic carbocycles. The number of aromatic nitrogens is 1. The number of pyridine rings is 1. The Kier molecular flexibility index (Phi) is 5.99. The summed E-state index contributed by atoms with van der Waals surface area (Å²) in [6.45, 7) is 7.82. The number of amides is 1. The molecule has 2 N–H and O–H groups in total. The minimum absolute atomic E-state index is 0.102. The molecule has 1 aliphatic heterocycles. The van der Waals surface area contributed by atoms with Crippen LogP contribution in [-0.2, 0) is 0 Å². The van der Waals surface area contributed by atoms with Crippen molar-refractivity contribution in [3.63, 3.8) is 0 Å². The molecule has 1 atom stereocenters. The quantitative estimate of drug-likeness (QED) is 0.804. The average molecular weight is 290 g/mol. The molecule has 5 nitrogen and oxygen atoms in total. The SMILES string of the molecule is CCCN(CC1CCCN1)c1ccnc(C(=O)NCC)c1. The van der Waals surface area contributed by atoms with Crippen LogP contribution in [0, 0.1) is 0 Å². The monoisotopic (exact) mass is 290 g/mol. The third-order valence-electron chi connectivity index (χ3n) is 3.78. The first-order chi connectivity index (χ1) is 10.2. The van der Waals surface area contributed by atoms with Crippen LogP contribution in [0.25, 0.3) is 0 Å². The fraction of sp³-hybridized carbons (Fsp3) is 0.625. The van der Waals surface area contributed by atoms with Crippen molar-refractivity contribution >= 4 is 11.6 Å². The van der Waals surface area contributed by atoms with E-state index in [0.29, 0.717) is 18.3 Å². The number of hydrogen-bond donors (Lipinski definition) is 2. The van der Waals surface area contributed by atoms with E-state index in [0.717, 1.165) is 31.7 Å². The lowest BCUT2D eigenvalue weighted by Gasteiger charge is -2.27. The zero-order valence-electron chi connectivity index (χ0n) is 13.1. The molecular weight excluding hydrogens is 264 g/mol. The lowest BCUT2D eigenvalue weighted by atomic mass is 10.2. The third kappa shape index (κ3) is 4.43. The fourth-order valence-corrected chi connectivity index (χ4v) is 2.77. The van der Waals surface area contributed by atoms with E-state index in [1.807, 2.05) is 19.1 Å². The van der Waals surface area contributed by atoms with Crippen LogP contribution >= 0.6 is 0 Å². The van der Waals surface area contributed by atoms with Crippen molar-refractivity contribution in [1.29, 1.82) is 0 Å². The molecule has 116 valence electrons. The Hall–Kier alpha value is -1.62. The van der Waals surface area contributed by atoms with Crippen LogP contribution in [0.4, 0.5) is 5.69 Å². The van der Waals surface area contributed by atoms with E-state index >= 15 is 0 Å². The summed E-state index contributed by atoms with van der Waals surface area (Å²) in [5, 5.41) is 6.34. The summed E-state index contributed by atoms with van der Waals surface area (Å²) < 4.78 is 0. The van der Waals surface area contributed by atoms with Gasteiger partial charge in [0.05, 0.1) is 0 Å². The smallest absolute Gasteiger partial charge is 0.269 e. The van der Waals surface area contributed by atoms with Crippen LogP contribution in [0.1, 0.15) is 43.6 Å². The van der Waals surface area contributed by atoms with Gasteiger partial charge in [-0.1, -0.05) is 6.92 Å². The van der Waals surface area contributed by atoms with Crippen molar-refractivity contribution in [2.45, 2.75) is 39.2 Å². The first kappa shape index (κ1) is 15.8. The second-order valence-electron chi connectivity index (χ2n) is 5.50. The van der Waals surface area contributed by atoms with Gasteiger partial charge in [-0.25, -0.2) is 0 Å². The maximum absolute atomic E-state index is 11.9. The van der Waals surface area contributed by atoms with E-state index in [-0.39, 0.29) is 5.91 Å². The highest BCUT2D eigenvalue weighted by molar-refractivity contribution is 5.93. The second kappa shape index (κ2) is 7.98. The van der Waals surface area contributed by atoms with E-state index in [1.165, 1.54) is 12.8 Å². The number of rotatable bonds is 7. The molecule has 1 aliphatic rings.